The number of halogens is 3. The van der Waals surface area contributed by atoms with Crippen LogP contribution in [0.3, 0.4) is 0 Å². The summed E-state index contributed by atoms with van der Waals surface area (Å²) in [4.78, 5) is 25.2. The molecule has 5 rings (SSSR count). The van der Waals surface area contributed by atoms with E-state index in [1.807, 2.05) is 41.7 Å². The van der Waals surface area contributed by atoms with Gasteiger partial charge in [0.05, 0.1) is 19.3 Å². The first kappa shape index (κ1) is 20.8. The first-order valence-corrected chi connectivity index (χ1v) is 10.5. The van der Waals surface area contributed by atoms with Crippen LogP contribution in [0.15, 0.2) is 42.5 Å². The number of alkyl halides is 3. The Morgan fingerprint density at radius 1 is 1.03 bits per heavy atom. The number of para-hydroxylation sites is 1. The molecule has 6 nitrogen and oxygen atoms in total. The molecule has 9 heteroatoms. The van der Waals surface area contributed by atoms with Crippen LogP contribution in [0.2, 0.25) is 0 Å². The summed E-state index contributed by atoms with van der Waals surface area (Å²) in [5.41, 5.74) is 2.52. The molecular formula is C23H21F3N2O4. The maximum atomic E-state index is 13.0. The molecule has 2 saturated heterocycles. The zero-order valence-corrected chi connectivity index (χ0v) is 16.9. The predicted octanol–water partition coefficient (Wildman–Crippen LogP) is 3.57. The third-order valence-corrected chi connectivity index (χ3v) is 6.28. The quantitative estimate of drug-likeness (QED) is 0.707. The summed E-state index contributed by atoms with van der Waals surface area (Å²) in [6.07, 6.45) is -5.03. The Morgan fingerprint density at radius 2 is 1.78 bits per heavy atom. The molecule has 2 aromatic rings. The Kier molecular flexibility index (Phi) is 5.08. The fourth-order valence-electron chi connectivity index (χ4n) is 4.36. The van der Waals surface area contributed by atoms with Crippen LogP contribution >= 0.6 is 0 Å². The second kappa shape index (κ2) is 7.81. The van der Waals surface area contributed by atoms with Crippen LogP contribution in [-0.2, 0) is 14.3 Å². The minimum atomic E-state index is -4.53. The van der Waals surface area contributed by atoms with Crippen molar-refractivity contribution in [2.24, 2.45) is 5.92 Å². The molecule has 3 aliphatic rings. The van der Waals surface area contributed by atoms with Crippen LogP contribution < -0.4 is 15.4 Å². The SMILES string of the molecule is O=C(NC1c2ccccc2Oc2cc(C3COC3)ccc21)C1CCC(C(F)(F)F)NC1=O. The van der Waals surface area contributed by atoms with Crippen LogP contribution in [0, 0.1) is 5.92 Å². The number of nitrogens with one attached hydrogen (secondary N) is 2. The van der Waals surface area contributed by atoms with E-state index in [9.17, 15) is 22.8 Å². The summed E-state index contributed by atoms with van der Waals surface area (Å²) in [5.74, 6) is -1.22. The molecule has 3 heterocycles. The lowest BCUT2D eigenvalue weighted by Crippen LogP contribution is -2.54. The lowest BCUT2D eigenvalue weighted by molar-refractivity contribution is -0.171. The number of amides is 2. The van der Waals surface area contributed by atoms with Crippen molar-refractivity contribution < 1.29 is 32.2 Å². The Labute approximate surface area is 182 Å². The number of hydrogen-bond donors (Lipinski definition) is 2. The van der Waals surface area contributed by atoms with Gasteiger partial charge in [-0.15, -0.1) is 0 Å². The standard InChI is InChI=1S/C23H21F3N2O4/c24-23(25,26)19-8-7-16(21(29)27-19)22(30)28-20-14-3-1-2-4-17(14)32-18-9-12(5-6-15(18)20)13-10-31-11-13/h1-6,9,13,16,19-20H,7-8,10-11H2,(H,27,29)(H,28,30). The van der Waals surface area contributed by atoms with Crippen molar-refractivity contribution in [3.63, 3.8) is 0 Å². The zero-order valence-electron chi connectivity index (χ0n) is 16.9. The zero-order chi connectivity index (χ0) is 22.5. The topological polar surface area (TPSA) is 76.7 Å². The molecule has 0 bridgehead atoms. The molecule has 2 aromatic carbocycles. The van der Waals surface area contributed by atoms with Gasteiger partial charge in [-0.2, -0.15) is 13.2 Å². The second-order valence-corrected chi connectivity index (χ2v) is 8.35. The highest BCUT2D eigenvalue weighted by atomic mass is 19.4. The van der Waals surface area contributed by atoms with Gasteiger partial charge in [0.15, 0.2) is 0 Å². The van der Waals surface area contributed by atoms with Crippen LogP contribution in [0.1, 0.15) is 41.5 Å². The highest BCUT2D eigenvalue weighted by molar-refractivity contribution is 6.01. The van der Waals surface area contributed by atoms with Crippen LogP contribution in [0.25, 0.3) is 0 Å². The molecule has 2 N–H and O–H groups in total. The molecular weight excluding hydrogens is 425 g/mol. The van der Waals surface area contributed by atoms with Crippen molar-refractivity contribution >= 4 is 11.8 Å². The van der Waals surface area contributed by atoms with Crippen LogP contribution in [0.5, 0.6) is 11.5 Å². The minimum absolute atomic E-state index is 0.166. The van der Waals surface area contributed by atoms with Crippen molar-refractivity contribution in [3.05, 3.63) is 59.2 Å². The lowest BCUT2D eigenvalue weighted by Gasteiger charge is -2.33. The molecule has 3 aliphatic heterocycles. The van der Waals surface area contributed by atoms with E-state index >= 15 is 0 Å². The maximum Gasteiger partial charge on any atom is 0.408 e. The average Bonchev–Trinajstić information content (AvgIpc) is 2.71. The van der Waals surface area contributed by atoms with Gasteiger partial charge in [0.2, 0.25) is 11.8 Å². The van der Waals surface area contributed by atoms with E-state index in [0.717, 1.165) is 16.7 Å². The van der Waals surface area contributed by atoms with E-state index in [4.69, 9.17) is 9.47 Å². The monoisotopic (exact) mass is 446 g/mol. The Bertz CT molecular complexity index is 1070. The summed E-state index contributed by atoms with van der Waals surface area (Å²) < 4.78 is 50.1. The summed E-state index contributed by atoms with van der Waals surface area (Å²) in [5, 5.41) is 4.81. The lowest BCUT2D eigenvalue weighted by atomic mass is 9.88. The highest BCUT2D eigenvalue weighted by Crippen LogP contribution is 2.44. The largest absolute Gasteiger partial charge is 0.457 e. The van der Waals surface area contributed by atoms with Crippen molar-refractivity contribution in [1.82, 2.24) is 10.6 Å². The molecule has 168 valence electrons. The van der Waals surface area contributed by atoms with Gasteiger partial charge in [0.25, 0.3) is 0 Å². The number of piperidine rings is 1. The third kappa shape index (κ3) is 3.70. The minimum Gasteiger partial charge on any atom is -0.457 e. The van der Waals surface area contributed by atoms with Crippen LogP contribution in [0.4, 0.5) is 13.2 Å². The van der Waals surface area contributed by atoms with Gasteiger partial charge in [-0.05, 0) is 30.5 Å². The van der Waals surface area contributed by atoms with Gasteiger partial charge < -0.3 is 20.1 Å². The summed E-state index contributed by atoms with van der Waals surface area (Å²) in [6, 6.07) is 10.5. The van der Waals surface area contributed by atoms with Gasteiger partial charge in [0, 0.05) is 17.0 Å². The Balaban J connectivity index is 1.40. The molecule has 3 atom stereocenters. The number of hydrogen-bond acceptors (Lipinski definition) is 4. The molecule has 0 saturated carbocycles. The number of carbonyl (C=O) groups is 2. The molecule has 0 aromatic heterocycles. The van der Waals surface area contributed by atoms with E-state index < -0.39 is 36.0 Å². The number of benzene rings is 2. The summed E-state index contributed by atoms with van der Waals surface area (Å²) in [7, 11) is 0. The van der Waals surface area contributed by atoms with Crippen molar-refractivity contribution in [2.75, 3.05) is 13.2 Å². The van der Waals surface area contributed by atoms with Crippen molar-refractivity contribution in [2.45, 2.75) is 37.0 Å². The maximum absolute atomic E-state index is 13.0. The van der Waals surface area contributed by atoms with E-state index in [1.165, 1.54) is 0 Å². The Morgan fingerprint density at radius 3 is 2.47 bits per heavy atom. The van der Waals surface area contributed by atoms with Gasteiger partial charge in [-0.25, -0.2) is 0 Å². The summed E-state index contributed by atoms with van der Waals surface area (Å²) >= 11 is 0. The average molecular weight is 446 g/mol. The smallest absolute Gasteiger partial charge is 0.408 e. The van der Waals surface area contributed by atoms with Gasteiger partial charge in [0.1, 0.15) is 23.5 Å². The highest BCUT2D eigenvalue weighted by Gasteiger charge is 2.46. The number of rotatable bonds is 3. The number of carbonyl (C=O) groups excluding carboxylic acids is 2. The fraction of sp³-hybridized carbons (Fsp3) is 0.391. The molecule has 3 unspecified atom stereocenters. The van der Waals surface area contributed by atoms with E-state index in [0.29, 0.717) is 30.6 Å². The first-order valence-electron chi connectivity index (χ1n) is 10.5. The summed E-state index contributed by atoms with van der Waals surface area (Å²) in [6.45, 7) is 1.29. The van der Waals surface area contributed by atoms with Gasteiger partial charge >= 0.3 is 6.18 Å². The predicted molar refractivity (Wildman–Crippen MR) is 107 cm³/mol. The first-order chi connectivity index (χ1) is 15.3. The molecule has 32 heavy (non-hydrogen) atoms. The molecule has 0 spiro atoms. The van der Waals surface area contributed by atoms with Crippen LogP contribution in [-0.4, -0.2) is 37.2 Å². The second-order valence-electron chi connectivity index (χ2n) is 8.35. The van der Waals surface area contributed by atoms with E-state index in [2.05, 4.69) is 5.32 Å². The molecule has 2 fully saturated rings. The van der Waals surface area contributed by atoms with Crippen molar-refractivity contribution in [1.29, 1.82) is 0 Å². The number of ether oxygens (including phenoxy) is 2. The van der Waals surface area contributed by atoms with Crippen molar-refractivity contribution in [3.8, 4) is 11.5 Å². The van der Waals surface area contributed by atoms with Gasteiger partial charge in [-0.1, -0.05) is 30.3 Å². The fourth-order valence-corrected chi connectivity index (χ4v) is 4.36. The molecule has 2 amide bonds. The molecule has 0 aliphatic carbocycles. The normalized spacial score (nSPS) is 25.0. The van der Waals surface area contributed by atoms with E-state index in [1.54, 1.807) is 6.07 Å². The number of fused-ring (bicyclic) bond motifs is 2. The van der Waals surface area contributed by atoms with E-state index in [-0.39, 0.29) is 12.8 Å². The third-order valence-electron chi connectivity index (χ3n) is 6.28. The Hall–Kier alpha value is -3.07. The van der Waals surface area contributed by atoms with Gasteiger partial charge in [-0.3, -0.25) is 9.59 Å². The molecule has 0 radical (unpaired) electrons.